The molecule has 7 heteroatoms. The SMILES string of the molecule is Cc1cc(Cl)cc2sc(NC(=O)c3cc(C)n(C)n3)nc12. The van der Waals surface area contributed by atoms with Crippen LogP contribution in [0.15, 0.2) is 18.2 Å². The molecule has 0 unspecified atom stereocenters. The molecule has 0 radical (unpaired) electrons. The lowest BCUT2D eigenvalue weighted by Crippen LogP contribution is -2.12. The molecule has 108 valence electrons. The highest BCUT2D eigenvalue weighted by Gasteiger charge is 2.14. The summed E-state index contributed by atoms with van der Waals surface area (Å²) in [6, 6.07) is 5.45. The van der Waals surface area contributed by atoms with Gasteiger partial charge in [-0.15, -0.1) is 0 Å². The van der Waals surface area contributed by atoms with Crippen LogP contribution in [-0.4, -0.2) is 20.7 Å². The molecule has 1 N–H and O–H groups in total. The van der Waals surface area contributed by atoms with Crippen LogP contribution in [0.4, 0.5) is 5.13 Å². The average molecular weight is 321 g/mol. The summed E-state index contributed by atoms with van der Waals surface area (Å²) >= 11 is 7.43. The first-order valence-electron chi connectivity index (χ1n) is 6.33. The first kappa shape index (κ1) is 14.0. The number of benzene rings is 1. The number of halogens is 1. The van der Waals surface area contributed by atoms with Gasteiger partial charge in [-0.1, -0.05) is 22.9 Å². The van der Waals surface area contributed by atoms with Crippen molar-refractivity contribution in [3.05, 3.63) is 40.2 Å². The largest absolute Gasteiger partial charge is 0.296 e. The Morgan fingerprint density at radius 3 is 2.76 bits per heavy atom. The zero-order valence-electron chi connectivity index (χ0n) is 11.8. The molecular weight excluding hydrogens is 308 g/mol. The maximum atomic E-state index is 12.2. The summed E-state index contributed by atoms with van der Waals surface area (Å²) in [6.07, 6.45) is 0. The van der Waals surface area contributed by atoms with E-state index < -0.39 is 0 Å². The average Bonchev–Trinajstić information content (AvgIpc) is 2.94. The van der Waals surface area contributed by atoms with Crippen LogP contribution in [0.2, 0.25) is 5.02 Å². The van der Waals surface area contributed by atoms with Crippen molar-refractivity contribution in [1.29, 1.82) is 0 Å². The van der Waals surface area contributed by atoms with Gasteiger partial charge in [-0.2, -0.15) is 5.10 Å². The van der Waals surface area contributed by atoms with Crippen LogP contribution in [0.25, 0.3) is 10.2 Å². The Bertz CT molecular complexity index is 833. The molecule has 3 aromatic rings. The number of hydrogen-bond acceptors (Lipinski definition) is 4. The summed E-state index contributed by atoms with van der Waals surface area (Å²) in [5, 5.41) is 8.15. The summed E-state index contributed by atoms with van der Waals surface area (Å²) in [5.74, 6) is -0.262. The molecule has 0 saturated carbocycles. The lowest BCUT2D eigenvalue weighted by atomic mass is 10.2. The van der Waals surface area contributed by atoms with E-state index in [9.17, 15) is 4.79 Å². The highest BCUT2D eigenvalue weighted by atomic mass is 35.5. The van der Waals surface area contributed by atoms with Gasteiger partial charge in [-0.3, -0.25) is 14.8 Å². The molecule has 0 fully saturated rings. The molecule has 0 saturated heterocycles. The van der Waals surface area contributed by atoms with Gasteiger partial charge in [-0.05, 0) is 37.6 Å². The van der Waals surface area contributed by atoms with Crippen molar-refractivity contribution < 1.29 is 4.79 Å². The zero-order valence-corrected chi connectivity index (χ0v) is 13.3. The first-order valence-corrected chi connectivity index (χ1v) is 7.52. The highest BCUT2D eigenvalue weighted by Crippen LogP contribution is 2.31. The van der Waals surface area contributed by atoms with Gasteiger partial charge in [0.25, 0.3) is 5.91 Å². The standard InChI is InChI=1S/C14H13ClN4OS/c1-7-4-9(15)6-11-12(7)16-14(21-11)17-13(20)10-5-8(2)19(3)18-10/h4-6H,1-3H3,(H,16,17,20). The number of aromatic nitrogens is 3. The number of anilines is 1. The van der Waals surface area contributed by atoms with Crippen LogP contribution in [0.1, 0.15) is 21.7 Å². The van der Waals surface area contributed by atoms with Crippen LogP contribution in [0.5, 0.6) is 0 Å². The van der Waals surface area contributed by atoms with Gasteiger partial charge in [0, 0.05) is 17.8 Å². The molecule has 5 nitrogen and oxygen atoms in total. The van der Waals surface area contributed by atoms with Crippen LogP contribution < -0.4 is 5.32 Å². The molecule has 0 atom stereocenters. The van der Waals surface area contributed by atoms with Crippen molar-refractivity contribution in [2.24, 2.45) is 7.05 Å². The van der Waals surface area contributed by atoms with Gasteiger partial charge >= 0.3 is 0 Å². The minimum Gasteiger partial charge on any atom is -0.296 e. The number of carbonyl (C=O) groups is 1. The Hall–Kier alpha value is -1.92. The number of thiazole rings is 1. The Morgan fingerprint density at radius 1 is 1.33 bits per heavy atom. The number of hydrogen-bond donors (Lipinski definition) is 1. The monoisotopic (exact) mass is 320 g/mol. The molecule has 3 rings (SSSR count). The van der Waals surface area contributed by atoms with Crippen molar-refractivity contribution in [3.63, 3.8) is 0 Å². The molecule has 2 heterocycles. The van der Waals surface area contributed by atoms with E-state index in [4.69, 9.17) is 11.6 Å². The fourth-order valence-corrected chi connectivity index (χ4v) is 3.36. The van der Waals surface area contributed by atoms with Crippen LogP contribution in [-0.2, 0) is 7.05 Å². The van der Waals surface area contributed by atoms with Crippen molar-refractivity contribution in [1.82, 2.24) is 14.8 Å². The summed E-state index contributed by atoms with van der Waals surface area (Å²) in [7, 11) is 1.80. The number of nitrogens with zero attached hydrogens (tertiary/aromatic N) is 3. The lowest BCUT2D eigenvalue weighted by molar-refractivity contribution is 0.102. The zero-order chi connectivity index (χ0) is 15.1. The Labute approximate surface area is 130 Å². The summed E-state index contributed by atoms with van der Waals surface area (Å²) in [4.78, 5) is 16.6. The van der Waals surface area contributed by atoms with Crippen molar-refractivity contribution in [2.75, 3.05) is 5.32 Å². The lowest BCUT2D eigenvalue weighted by Gasteiger charge is -1.96. The third-order valence-corrected chi connectivity index (χ3v) is 4.35. The summed E-state index contributed by atoms with van der Waals surface area (Å²) < 4.78 is 2.62. The molecule has 0 aliphatic carbocycles. The molecule has 2 aromatic heterocycles. The van der Waals surface area contributed by atoms with E-state index in [0.717, 1.165) is 21.5 Å². The predicted octanol–water partition coefficient (Wildman–Crippen LogP) is 3.55. The topological polar surface area (TPSA) is 59.8 Å². The number of amides is 1. The second-order valence-electron chi connectivity index (χ2n) is 4.84. The fourth-order valence-electron chi connectivity index (χ4n) is 2.04. The van der Waals surface area contributed by atoms with Gasteiger partial charge in [0.1, 0.15) is 0 Å². The van der Waals surface area contributed by atoms with Gasteiger partial charge in [0.05, 0.1) is 10.2 Å². The summed E-state index contributed by atoms with van der Waals surface area (Å²) in [6.45, 7) is 3.84. The molecule has 21 heavy (non-hydrogen) atoms. The van der Waals surface area contributed by atoms with Crippen molar-refractivity contribution >= 4 is 44.2 Å². The van der Waals surface area contributed by atoms with Crippen LogP contribution in [0, 0.1) is 13.8 Å². The second kappa shape index (κ2) is 5.13. The van der Waals surface area contributed by atoms with Crippen molar-refractivity contribution in [2.45, 2.75) is 13.8 Å². The molecule has 1 amide bonds. The predicted molar refractivity (Wildman–Crippen MR) is 85.3 cm³/mol. The smallest absolute Gasteiger partial charge is 0.277 e. The number of carbonyl (C=O) groups excluding carboxylic acids is 1. The number of nitrogens with one attached hydrogen (secondary N) is 1. The van der Waals surface area contributed by atoms with Crippen LogP contribution in [0.3, 0.4) is 0 Å². The van der Waals surface area contributed by atoms with E-state index in [1.165, 1.54) is 11.3 Å². The van der Waals surface area contributed by atoms with Gasteiger partial charge < -0.3 is 0 Å². The summed E-state index contributed by atoms with van der Waals surface area (Å²) in [5.41, 5.74) is 3.15. The van der Waals surface area contributed by atoms with E-state index >= 15 is 0 Å². The van der Waals surface area contributed by atoms with E-state index in [1.54, 1.807) is 17.8 Å². The maximum absolute atomic E-state index is 12.2. The maximum Gasteiger partial charge on any atom is 0.277 e. The first-order chi connectivity index (χ1) is 9.94. The Kier molecular flexibility index (Phi) is 3.43. The third kappa shape index (κ3) is 2.64. The normalized spacial score (nSPS) is 11.0. The van der Waals surface area contributed by atoms with E-state index in [2.05, 4.69) is 15.4 Å². The fraction of sp³-hybridized carbons (Fsp3) is 0.214. The molecule has 0 aliphatic rings. The molecule has 1 aromatic carbocycles. The Balaban J connectivity index is 1.91. The van der Waals surface area contributed by atoms with Gasteiger partial charge in [0.2, 0.25) is 0 Å². The van der Waals surface area contributed by atoms with E-state index in [1.807, 2.05) is 26.0 Å². The molecule has 0 bridgehead atoms. The molecule has 0 aliphatic heterocycles. The molecule has 0 spiro atoms. The van der Waals surface area contributed by atoms with Gasteiger partial charge in [0.15, 0.2) is 10.8 Å². The quantitative estimate of drug-likeness (QED) is 0.785. The minimum atomic E-state index is -0.262. The number of fused-ring (bicyclic) bond motifs is 1. The number of aryl methyl sites for hydroxylation is 3. The third-order valence-electron chi connectivity index (χ3n) is 3.22. The number of rotatable bonds is 2. The second-order valence-corrected chi connectivity index (χ2v) is 6.30. The Morgan fingerprint density at radius 2 is 2.10 bits per heavy atom. The van der Waals surface area contributed by atoms with Gasteiger partial charge in [-0.25, -0.2) is 4.98 Å². The van der Waals surface area contributed by atoms with Crippen molar-refractivity contribution in [3.8, 4) is 0 Å². The minimum absolute atomic E-state index is 0.262. The highest BCUT2D eigenvalue weighted by molar-refractivity contribution is 7.22. The van der Waals surface area contributed by atoms with Crippen LogP contribution >= 0.6 is 22.9 Å². The molecular formula is C14H13ClN4OS. The van der Waals surface area contributed by atoms with E-state index in [-0.39, 0.29) is 5.91 Å². The van der Waals surface area contributed by atoms with E-state index in [0.29, 0.717) is 15.8 Å².